The summed E-state index contributed by atoms with van der Waals surface area (Å²) in [4.78, 5) is 11.6. The van der Waals surface area contributed by atoms with Gasteiger partial charge in [0.2, 0.25) is 0 Å². The molecule has 5 rings (SSSR count). The second-order valence-electron chi connectivity index (χ2n) is 9.08. The minimum absolute atomic E-state index is 0.634. The van der Waals surface area contributed by atoms with Gasteiger partial charge in [0.25, 0.3) is 0 Å². The van der Waals surface area contributed by atoms with Crippen molar-refractivity contribution < 1.29 is 0 Å². The fraction of sp³-hybridized carbons (Fsp3) is 0.357. The lowest BCUT2D eigenvalue weighted by molar-refractivity contribution is 0.361. The molecule has 2 fully saturated rings. The summed E-state index contributed by atoms with van der Waals surface area (Å²) < 4.78 is 0. The highest BCUT2D eigenvalue weighted by Crippen LogP contribution is 2.40. The van der Waals surface area contributed by atoms with Gasteiger partial charge < -0.3 is 4.90 Å². The van der Waals surface area contributed by atoms with Crippen molar-refractivity contribution in [2.45, 2.75) is 57.9 Å². The molecule has 1 saturated carbocycles. The van der Waals surface area contributed by atoms with E-state index in [1.54, 1.807) is 0 Å². The van der Waals surface area contributed by atoms with Crippen LogP contribution in [0.3, 0.4) is 0 Å². The van der Waals surface area contributed by atoms with Crippen molar-refractivity contribution >= 4 is 5.70 Å². The van der Waals surface area contributed by atoms with E-state index in [-0.39, 0.29) is 0 Å². The molecular formula is C28H31N3. The summed E-state index contributed by atoms with van der Waals surface area (Å²) in [5, 5.41) is 0. The first kappa shape index (κ1) is 20.0. The minimum atomic E-state index is 0.634. The molecule has 3 heterocycles. The van der Waals surface area contributed by atoms with Gasteiger partial charge in [0.15, 0.2) is 0 Å². The average Bonchev–Trinajstić information content (AvgIpc) is 3.55. The van der Waals surface area contributed by atoms with E-state index >= 15 is 0 Å². The van der Waals surface area contributed by atoms with Crippen molar-refractivity contribution in [2.75, 3.05) is 6.54 Å². The van der Waals surface area contributed by atoms with Crippen LogP contribution in [0.15, 0.2) is 61.6 Å². The molecule has 158 valence electrons. The van der Waals surface area contributed by atoms with Gasteiger partial charge in [-0.1, -0.05) is 25.6 Å². The number of hydrogen-bond donors (Lipinski definition) is 0. The summed E-state index contributed by atoms with van der Waals surface area (Å²) in [5.74, 6) is 0.655. The molecule has 3 heteroatoms. The van der Waals surface area contributed by atoms with Crippen molar-refractivity contribution in [3.05, 3.63) is 78.4 Å². The molecule has 0 radical (unpaired) electrons. The zero-order valence-corrected chi connectivity index (χ0v) is 18.6. The highest BCUT2D eigenvalue weighted by molar-refractivity contribution is 5.75. The number of nitrogens with zero attached hydrogens (tertiary/aromatic N) is 3. The predicted molar refractivity (Wildman–Crippen MR) is 129 cm³/mol. The number of likely N-dealkylation sites (tertiary alicyclic amines) is 1. The van der Waals surface area contributed by atoms with E-state index in [9.17, 15) is 0 Å². The predicted octanol–water partition coefficient (Wildman–Crippen LogP) is 6.84. The maximum atomic E-state index is 4.56. The van der Waals surface area contributed by atoms with Crippen LogP contribution in [0.4, 0.5) is 0 Å². The van der Waals surface area contributed by atoms with Crippen molar-refractivity contribution in [3.63, 3.8) is 0 Å². The summed E-state index contributed by atoms with van der Waals surface area (Å²) in [7, 11) is 0. The monoisotopic (exact) mass is 409 g/mol. The normalized spacial score (nSPS) is 18.4. The molecule has 1 atom stereocenters. The second-order valence-corrected chi connectivity index (χ2v) is 9.08. The molecule has 2 aliphatic rings. The molecular weight excluding hydrogens is 378 g/mol. The molecule has 1 aliphatic heterocycles. The van der Waals surface area contributed by atoms with Gasteiger partial charge in [0.05, 0.1) is 0 Å². The number of rotatable bonds is 6. The Morgan fingerprint density at radius 3 is 2.65 bits per heavy atom. The fourth-order valence-corrected chi connectivity index (χ4v) is 4.92. The number of pyridine rings is 2. The summed E-state index contributed by atoms with van der Waals surface area (Å²) in [6.45, 7) is 10.0. The third-order valence-corrected chi connectivity index (χ3v) is 6.91. The van der Waals surface area contributed by atoms with Crippen LogP contribution < -0.4 is 0 Å². The number of aromatic nitrogens is 2. The minimum Gasteiger partial charge on any atom is -0.369 e. The van der Waals surface area contributed by atoms with Crippen molar-refractivity contribution in [1.29, 1.82) is 0 Å². The Kier molecular flexibility index (Phi) is 5.35. The Hall–Kier alpha value is -2.94. The third kappa shape index (κ3) is 4.01. The molecule has 1 aromatic carbocycles. The van der Waals surface area contributed by atoms with Gasteiger partial charge in [-0.3, -0.25) is 9.97 Å². The van der Waals surface area contributed by atoms with Gasteiger partial charge in [-0.2, -0.15) is 0 Å². The van der Waals surface area contributed by atoms with Gasteiger partial charge in [0.1, 0.15) is 0 Å². The number of hydrogen-bond acceptors (Lipinski definition) is 3. The zero-order valence-electron chi connectivity index (χ0n) is 18.6. The first-order valence-electron chi connectivity index (χ1n) is 11.6. The maximum absolute atomic E-state index is 4.56. The topological polar surface area (TPSA) is 29.0 Å². The van der Waals surface area contributed by atoms with Gasteiger partial charge in [0, 0.05) is 59.6 Å². The second kappa shape index (κ2) is 8.30. The highest BCUT2D eigenvalue weighted by atomic mass is 15.2. The van der Waals surface area contributed by atoms with E-state index in [1.807, 2.05) is 18.6 Å². The van der Waals surface area contributed by atoms with Crippen molar-refractivity contribution in [2.24, 2.45) is 0 Å². The summed E-state index contributed by atoms with van der Waals surface area (Å²) in [6, 6.07) is 14.0. The van der Waals surface area contributed by atoms with Crippen LogP contribution >= 0.6 is 0 Å². The highest BCUT2D eigenvalue weighted by Gasteiger charge is 2.25. The van der Waals surface area contributed by atoms with Gasteiger partial charge >= 0.3 is 0 Å². The maximum Gasteiger partial charge on any atom is 0.0440 e. The largest absolute Gasteiger partial charge is 0.369 e. The van der Waals surface area contributed by atoms with Crippen LogP contribution in [0.1, 0.15) is 61.8 Å². The lowest BCUT2D eigenvalue weighted by Crippen LogP contribution is -2.26. The molecule has 0 spiro atoms. The Labute approximate surface area is 185 Å². The molecule has 3 aromatic rings. The lowest BCUT2D eigenvalue weighted by Gasteiger charge is -2.28. The van der Waals surface area contributed by atoms with Crippen LogP contribution in [-0.2, 0) is 0 Å². The molecule has 1 aliphatic carbocycles. The van der Waals surface area contributed by atoms with Crippen LogP contribution in [0.25, 0.3) is 28.0 Å². The molecule has 1 unspecified atom stereocenters. The fourth-order valence-electron chi connectivity index (χ4n) is 4.92. The Balaban J connectivity index is 1.42. The first-order chi connectivity index (χ1) is 15.1. The molecule has 31 heavy (non-hydrogen) atoms. The summed E-state index contributed by atoms with van der Waals surface area (Å²) in [6.07, 6.45) is 12.1. The lowest BCUT2D eigenvalue weighted by atomic mass is 9.96. The van der Waals surface area contributed by atoms with E-state index in [1.165, 1.54) is 60.1 Å². The molecule has 0 amide bonds. The van der Waals surface area contributed by atoms with Gasteiger partial charge in [-0.15, -0.1) is 0 Å². The van der Waals surface area contributed by atoms with Crippen LogP contribution in [-0.4, -0.2) is 27.5 Å². The van der Waals surface area contributed by atoms with E-state index < -0.39 is 0 Å². The van der Waals surface area contributed by atoms with E-state index in [4.69, 9.17) is 0 Å². The Morgan fingerprint density at radius 1 is 1.03 bits per heavy atom. The Bertz CT molecular complexity index is 1110. The molecule has 0 N–H and O–H groups in total. The molecule has 1 saturated heterocycles. The third-order valence-electron chi connectivity index (χ3n) is 6.91. The quantitative estimate of drug-likeness (QED) is 0.446. The first-order valence-corrected chi connectivity index (χ1v) is 11.6. The molecule has 2 aromatic heterocycles. The molecule has 3 nitrogen and oxygen atoms in total. The van der Waals surface area contributed by atoms with Gasteiger partial charge in [-0.05, 0) is 85.5 Å². The number of benzene rings is 1. The molecule has 0 bridgehead atoms. The summed E-state index contributed by atoms with van der Waals surface area (Å²) >= 11 is 0. The smallest absolute Gasteiger partial charge is 0.0440 e. The average molecular weight is 410 g/mol. The van der Waals surface area contributed by atoms with Crippen LogP contribution in [0.2, 0.25) is 0 Å². The standard InChI is InChI=1S/C28H31N3/c1-4-26-6-5-13-31(26)20(3)22-9-10-27(19(2)14-22)25-15-24(17-29-18-25)23-11-12-30-28(16-23)21-7-8-21/h9-12,14-18,21,26H,3-8,13H2,1-2H3. The van der Waals surface area contributed by atoms with Crippen molar-refractivity contribution in [3.8, 4) is 22.3 Å². The van der Waals surface area contributed by atoms with Crippen LogP contribution in [0.5, 0.6) is 0 Å². The van der Waals surface area contributed by atoms with E-state index in [0.29, 0.717) is 12.0 Å². The van der Waals surface area contributed by atoms with E-state index in [2.05, 4.69) is 71.7 Å². The van der Waals surface area contributed by atoms with Crippen molar-refractivity contribution in [1.82, 2.24) is 14.9 Å². The summed E-state index contributed by atoms with van der Waals surface area (Å²) in [5.41, 5.74) is 9.61. The Morgan fingerprint density at radius 2 is 1.87 bits per heavy atom. The SMILES string of the molecule is C=C(c1ccc(-c2cncc(-c3ccnc(C4CC4)c3)c2)c(C)c1)N1CCCC1CC. The van der Waals surface area contributed by atoms with Crippen LogP contribution in [0, 0.1) is 6.92 Å². The van der Waals surface area contributed by atoms with Gasteiger partial charge in [-0.25, -0.2) is 0 Å². The zero-order chi connectivity index (χ0) is 21.4. The number of aryl methyl sites for hydroxylation is 1. The van der Waals surface area contributed by atoms with E-state index in [0.717, 1.165) is 23.4 Å².